The van der Waals surface area contributed by atoms with Crippen LogP contribution in [-0.4, -0.2) is 56.5 Å². The summed E-state index contributed by atoms with van der Waals surface area (Å²) in [4.78, 5) is 29.6. The molecule has 182 valence electrons. The summed E-state index contributed by atoms with van der Waals surface area (Å²) < 4.78 is 5.13. The Bertz CT molecular complexity index is 1170. The fourth-order valence-electron chi connectivity index (χ4n) is 4.21. The highest BCUT2D eigenvalue weighted by Gasteiger charge is 2.20. The largest absolute Gasteiger partial charge is 0.497 e. The van der Waals surface area contributed by atoms with E-state index in [0.717, 1.165) is 31.9 Å². The van der Waals surface area contributed by atoms with Gasteiger partial charge in [-0.1, -0.05) is 12.1 Å². The van der Waals surface area contributed by atoms with Gasteiger partial charge in [0.1, 0.15) is 5.75 Å². The van der Waals surface area contributed by atoms with Crippen molar-refractivity contribution in [1.29, 1.82) is 0 Å². The third-order valence-electron chi connectivity index (χ3n) is 6.43. The Balaban J connectivity index is 1.25. The van der Waals surface area contributed by atoms with E-state index in [2.05, 4.69) is 52.5 Å². The van der Waals surface area contributed by atoms with Crippen LogP contribution in [0.4, 0.5) is 17.1 Å². The summed E-state index contributed by atoms with van der Waals surface area (Å²) in [5, 5.41) is 5.79. The third-order valence-corrected chi connectivity index (χ3v) is 6.43. The normalized spacial score (nSPS) is 13.9. The Labute approximate surface area is 206 Å². The summed E-state index contributed by atoms with van der Waals surface area (Å²) in [6.45, 7) is 8.12. The molecule has 1 saturated heterocycles. The van der Waals surface area contributed by atoms with Crippen molar-refractivity contribution in [3.8, 4) is 5.75 Å². The summed E-state index contributed by atoms with van der Waals surface area (Å²) in [5.41, 5.74) is 5.77. The number of ether oxygens (including phenoxy) is 1. The lowest BCUT2D eigenvalue weighted by Gasteiger charge is -2.36. The molecule has 35 heavy (non-hydrogen) atoms. The topological polar surface area (TPSA) is 73.9 Å². The van der Waals surface area contributed by atoms with Crippen LogP contribution in [0.2, 0.25) is 0 Å². The van der Waals surface area contributed by atoms with E-state index in [9.17, 15) is 9.59 Å². The Morgan fingerprint density at radius 2 is 1.46 bits per heavy atom. The van der Waals surface area contributed by atoms with Crippen molar-refractivity contribution >= 4 is 28.9 Å². The second-order valence-electron chi connectivity index (χ2n) is 8.79. The molecule has 0 unspecified atom stereocenters. The van der Waals surface area contributed by atoms with Gasteiger partial charge in [0, 0.05) is 48.8 Å². The minimum atomic E-state index is -0.213. The van der Waals surface area contributed by atoms with Crippen molar-refractivity contribution in [2.45, 2.75) is 13.8 Å². The lowest BCUT2D eigenvalue weighted by Crippen LogP contribution is -2.48. The lowest BCUT2D eigenvalue weighted by atomic mass is 10.1. The lowest BCUT2D eigenvalue weighted by molar-refractivity contribution is -0.117. The van der Waals surface area contributed by atoms with E-state index >= 15 is 0 Å². The number of hydrogen-bond acceptors (Lipinski definition) is 5. The van der Waals surface area contributed by atoms with Gasteiger partial charge in [-0.2, -0.15) is 0 Å². The van der Waals surface area contributed by atoms with Crippen molar-refractivity contribution in [1.82, 2.24) is 4.90 Å². The second-order valence-corrected chi connectivity index (χ2v) is 8.79. The molecule has 0 bridgehead atoms. The molecule has 0 aromatic heterocycles. The summed E-state index contributed by atoms with van der Waals surface area (Å²) in [6.07, 6.45) is 0. The number of nitrogens with zero attached hydrogens (tertiary/aromatic N) is 2. The molecule has 1 aliphatic heterocycles. The molecule has 2 amide bonds. The van der Waals surface area contributed by atoms with E-state index in [4.69, 9.17) is 4.74 Å². The number of anilines is 3. The Morgan fingerprint density at radius 1 is 0.829 bits per heavy atom. The standard InChI is InChI=1S/C28H32N4O3/c1-20-5-4-6-26(21(20)2)32-17-15-31(16-18-32)19-27(33)29-23-9-7-22(8-10-23)28(34)30-24-11-13-25(35-3)14-12-24/h4-14H,15-19H2,1-3H3,(H,29,33)(H,30,34). The highest BCUT2D eigenvalue weighted by molar-refractivity contribution is 6.04. The third kappa shape index (κ3) is 6.19. The van der Waals surface area contributed by atoms with Crippen molar-refractivity contribution < 1.29 is 14.3 Å². The molecule has 7 nitrogen and oxygen atoms in total. The van der Waals surface area contributed by atoms with Gasteiger partial charge in [0.2, 0.25) is 5.91 Å². The minimum Gasteiger partial charge on any atom is -0.497 e. The van der Waals surface area contributed by atoms with Gasteiger partial charge in [-0.15, -0.1) is 0 Å². The second kappa shape index (κ2) is 11.1. The van der Waals surface area contributed by atoms with Gasteiger partial charge in [0.25, 0.3) is 5.91 Å². The smallest absolute Gasteiger partial charge is 0.255 e. The van der Waals surface area contributed by atoms with Crippen LogP contribution in [-0.2, 0) is 4.79 Å². The van der Waals surface area contributed by atoms with Gasteiger partial charge in [0.15, 0.2) is 0 Å². The van der Waals surface area contributed by atoms with Crippen molar-refractivity contribution in [2.75, 3.05) is 55.4 Å². The zero-order valence-corrected chi connectivity index (χ0v) is 20.5. The molecular weight excluding hydrogens is 440 g/mol. The number of hydrogen-bond donors (Lipinski definition) is 2. The van der Waals surface area contributed by atoms with Crippen LogP contribution in [0, 0.1) is 13.8 Å². The average Bonchev–Trinajstić information content (AvgIpc) is 2.87. The van der Waals surface area contributed by atoms with Crippen molar-refractivity contribution in [3.63, 3.8) is 0 Å². The van der Waals surface area contributed by atoms with E-state index in [1.165, 1.54) is 16.8 Å². The maximum Gasteiger partial charge on any atom is 0.255 e. The van der Waals surface area contributed by atoms with Crippen molar-refractivity contribution in [2.24, 2.45) is 0 Å². The molecule has 1 aliphatic rings. The SMILES string of the molecule is COc1ccc(NC(=O)c2ccc(NC(=O)CN3CCN(c4cccc(C)c4C)CC3)cc2)cc1. The molecule has 3 aromatic rings. The monoisotopic (exact) mass is 472 g/mol. The van der Waals surface area contributed by atoms with Gasteiger partial charge < -0.3 is 20.3 Å². The molecule has 0 radical (unpaired) electrons. The molecule has 2 N–H and O–H groups in total. The van der Waals surface area contributed by atoms with Gasteiger partial charge in [-0.05, 0) is 79.6 Å². The highest BCUT2D eigenvalue weighted by atomic mass is 16.5. The fourth-order valence-corrected chi connectivity index (χ4v) is 4.21. The number of rotatable bonds is 7. The summed E-state index contributed by atoms with van der Waals surface area (Å²) in [6, 6.07) is 20.5. The first-order chi connectivity index (χ1) is 16.9. The van der Waals surface area contributed by atoms with Crippen molar-refractivity contribution in [3.05, 3.63) is 83.4 Å². The predicted molar refractivity (Wildman–Crippen MR) is 141 cm³/mol. The van der Waals surface area contributed by atoms with Gasteiger partial charge in [-0.25, -0.2) is 0 Å². The van der Waals surface area contributed by atoms with Crippen LogP contribution >= 0.6 is 0 Å². The van der Waals surface area contributed by atoms with Crippen LogP contribution in [0.15, 0.2) is 66.7 Å². The Kier molecular flexibility index (Phi) is 7.67. The quantitative estimate of drug-likeness (QED) is 0.536. The number of aryl methyl sites for hydroxylation is 1. The van der Waals surface area contributed by atoms with Crippen LogP contribution < -0.4 is 20.3 Å². The molecular formula is C28H32N4O3. The number of carbonyl (C=O) groups is 2. The number of methoxy groups -OCH3 is 1. The molecule has 0 atom stereocenters. The number of carbonyl (C=O) groups excluding carboxylic acids is 2. The molecule has 7 heteroatoms. The van der Waals surface area contributed by atoms with E-state index in [1.54, 1.807) is 55.6 Å². The number of nitrogens with one attached hydrogen (secondary N) is 2. The fraction of sp³-hybridized carbons (Fsp3) is 0.286. The molecule has 4 rings (SSSR count). The van der Waals surface area contributed by atoms with Gasteiger partial charge in [-0.3, -0.25) is 14.5 Å². The minimum absolute atomic E-state index is 0.0550. The molecule has 1 heterocycles. The van der Waals surface area contributed by atoms with Gasteiger partial charge >= 0.3 is 0 Å². The molecule has 0 aliphatic carbocycles. The van der Waals surface area contributed by atoms with E-state index in [1.807, 2.05) is 0 Å². The summed E-state index contributed by atoms with van der Waals surface area (Å²) >= 11 is 0. The molecule has 3 aromatic carbocycles. The summed E-state index contributed by atoms with van der Waals surface area (Å²) in [5.74, 6) is 0.460. The number of benzene rings is 3. The van der Waals surface area contributed by atoms with E-state index in [-0.39, 0.29) is 11.8 Å². The van der Waals surface area contributed by atoms with E-state index < -0.39 is 0 Å². The predicted octanol–water partition coefficient (Wildman–Crippen LogP) is 4.33. The zero-order chi connectivity index (χ0) is 24.8. The molecule has 0 spiro atoms. The summed E-state index contributed by atoms with van der Waals surface area (Å²) in [7, 11) is 1.60. The van der Waals surface area contributed by atoms with Crippen LogP contribution in [0.25, 0.3) is 0 Å². The van der Waals surface area contributed by atoms with Crippen LogP contribution in [0.1, 0.15) is 21.5 Å². The number of piperazine rings is 1. The Hall–Kier alpha value is -3.84. The van der Waals surface area contributed by atoms with Crippen LogP contribution in [0.3, 0.4) is 0 Å². The average molecular weight is 473 g/mol. The highest BCUT2D eigenvalue weighted by Crippen LogP contribution is 2.24. The maximum absolute atomic E-state index is 12.6. The molecule has 1 fully saturated rings. The van der Waals surface area contributed by atoms with Gasteiger partial charge in [0.05, 0.1) is 13.7 Å². The zero-order valence-electron chi connectivity index (χ0n) is 20.5. The molecule has 0 saturated carbocycles. The Morgan fingerprint density at radius 3 is 2.11 bits per heavy atom. The van der Waals surface area contributed by atoms with E-state index in [0.29, 0.717) is 23.5 Å². The number of amides is 2. The van der Waals surface area contributed by atoms with Crippen LogP contribution in [0.5, 0.6) is 5.75 Å². The first-order valence-electron chi connectivity index (χ1n) is 11.8. The maximum atomic E-state index is 12.6. The first kappa shape index (κ1) is 24.3. The first-order valence-corrected chi connectivity index (χ1v) is 11.8.